The van der Waals surface area contributed by atoms with Gasteiger partial charge in [0.05, 0.1) is 11.8 Å². The van der Waals surface area contributed by atoms with E-state index in [1.807, 2.05) is 12.1 Å². The van der Waals surface area contributed by atoms with Gasteiger partial charge in [0, 0.05) is 5.69 Å². The fourth-order valence-corrected chi connectivity index (χ4v) is 6.77. The highest BCUT2D eigenvalue weighted by atomic mass is 16.7. The third-order valence-electron chi connectivity index (χ3n) is 8.89. The van der Waals surface area contributed by atoms with Gasteiger partial charge in [-0.3, -0.25) is 0 Å². The fourth-order valence-electron chi connectivity index (χ4n) is 6.77. The van der Waals surface area contributed by atoms with Gasteiger partial charge in [-0.1, -0.05) is 26.2 Å². The molecule has 4 N–H and O–H groups in total. The summed E-state index contributed by atoms with van der Waals surface area (Å²) in [7, 11) is 0. The summed E-state index contributed by atoms with van der Waals surface area (Å²) in [5, 5.41) is 0. The molecule has 0 atom stereocenters. The molecule has 0 amide bonds. The zero-order chi connectivity index (χ0) is 21.6. The van der Waals surface area contributed by atoms with E-state index in [0.29, 0.717) is 23.2 Å². The molecule has 3 fully saturated rings. The van der Waals surface area contributed by atoms with E-state index in [9.17, 15) is 0 Å². The summed E-state index contributed by atoms with van der Waals surface area (Å²) in [6.45, 7) is 2.65. The minimum Gasteiger partial charge on any atom is -0.465 e. The first kappa shape index (κ1) is 22.8. The van der Waals surface area contributed by atoms with Gasteiger partial charge in [-0.25, -0.2) is 0 Å². The Kier molecular flexibility index (Phi) is 8.03. The van der Waals surface area contributed by atoms with Gasteiger partial charge in [0.15, 0.2) is 6.79 Å². The normalized spacial score (nSPS) is 34.4. The highest BCUT2D eigenvalue weighted by Gasteiger charge is 2.34. The molecule has 174 valence electrons. The van der Waals surface area contributed by atoms with Crippen molar-refractivity contribution in [3.05, 3.63) is 18.2 Å². The molecule has 1 aromatic rings. The molecule has 1 aromatic carbocycles. The summed E-state index contributed by atoms with van der Waals surface area (Å²) in [4.78, 5) is 0. The molecule has 4 rings (SSSR count). The topological polar surface area (TPSA) is 70.5 Å². The summed E-state index contributed by atoms with van der Waals surface area (Å²) in [5.41, 5.74) is 12.9. The average Bonchev–Trinajstić information content (AvgIpc) is 2.81. The highest BCUT2D eigenvalue weighted by molar-refractivity contribution is 5.60. The van der Waals surface area contributed by atoms with Crippen molar-refractivity contribution in [3.8, 4) is 5.75 Å². The standard InChI is InChI=1S/C27H44N2O2/c1-2-19-3-5-20(6-4-19)21-7-9-22(10-8-21)23-11-14-25(15-12-23)30-18-31-27-16-13-24(28)17-26(27)29/h13,16-17,19-23,25H,2-12,14-15,18,28-29H2,1H3. The van der Waals surface area contributed by atoms with Crippen LogP contribution in [0.1, 0.15) is 90.4 Å². The molecule has 0 radical (unpaired) electrons. The predicted molar refractivity (Wildman–Crippen MR) is 129 cm³/mol. The zero-order valence-electron chi connectivity index (χ0n) is 19.6. The van der Waals surface area contributed by atoms with E-state index >= 15 is 0 Å². The van der Waals surface area contributed by atoms with Gasteiger partial charge in [-0.15, -0.1) is 0 Å². The second kappa shape index (κ2) is 10.9. The van der Waals surface area contributed by atoms with Crippen LogP contribution in [0.2, 0.25) is 0 Å². The van der Waals surface area contributed by atoms with Crippen LogP contribution in [-0.4, -0.2) is 12.9 Å². The third-order valence-corrected chi connectivity index (χ3v) is 8.89. The predicted octanol–water partition coefficient (Wildman–Crippen LogP) is 6.79. The van der Waals surface area contributed by atoms with Crippen LogP contribution >= 0.6 is 0 Å². The number of hydrogen-bond acceptors (Lipinski definition) is 4. The first-order chi connectivity index (χ1) is 15.1. The summed E-state index contributed by atoms with van der Waals surface area (Å²) in [6, 6.07) is 5.35. The van der Waals surface area contributed by atoms with E-state index in [-0.39, 0.29) is 6.79 Å². The monoisotopic (exact) mass is 428 g/mol. The van der Waals surface area contributed by atoms with Gasteiger partial charge in [0.2, 0.25) is 0 Å². The van der Waals surface area contributed by atoms with Gasteiger partial charge in [0.25, 0.3) is 0 Å². The second-order valence-corrected chi connectivity index (χ2v) is 10.6. The lowest BCUT2D eigenvalue weighted by Gasteiger charge is -2.41. The lowest BCUT2D eigenvalue weighted by molar-refractivity contribution is -0.0593. The highest BCUT2D eigenvalue weighted by Crippen LogP contribution is 2.45. The van der Waals surface area contributed by atoms with E-state index in [0.717, 1.165) is 29.6 Å². The van der Waals surface area contributed by atoms with Crippen molar-refractivity contribution < 1.29 is 9.47 Å². The quantitative estimate of drug-likeness (QED) is 0.371. The molecule has 0 aromatic heterocycles. The first-order valence-electron chi connectivity index (χ1n) is 13.0. The molecular formula is C27H44N2O2. The molecule has 0 unspecified atom stereocenters. The SMILES string of the molecule is CCC1CCC(C2CCC(C3CCC(OCOc4ccc(N)cc4N)CC3)CC2)CC1. The second-order valence-electron chi connectivity index (χ2n) is 10.6. The Morgan fingerprint density at radius 1 is 0.742 bits per heavy atom. The molecule has 0 heterocycles. The van der Waals surface area contributed by atoms with Crippen LogP contribution in [0.15, 0.2) is 18.2 Å². The summed E-state index contributed by atoms with van der Waals surface area (Å²) in [5.74, 6) is 5.65. The lowest BCUT2D eigenvalue weighted by atomic mass is 9.65. The lowest BCUT2D eigenvalue weighted by Crippen LogP contribution is -2.31. The maximum atomic E-state index is 6.01. The Hall–Kier alpha value is -1.42. The molecule has 3 saturated carbocycles. The average molecular weight is 429 g/mol. The summed E-state index contributed by atoms with van der Waals surface area (Å²) in [6.07, 6.45) is 18.7. The molecule has 0 aliphatic heterocycles. The summed E-state index contributed by atoms with van der Waals surface area (Å²) >= 11 is 0. The molecule has 3 aliphatic rings. The number of rotatable bonds is 7. The Bertz CT molecular complexity index is 670. The molecule has 3 aliphatic carbocycles. The zero-order valence-corrected chi connectivity index (χ0v) is 19.6. The van der Waals surface area contributed by atoms with Crippen molar-refractivity contribution in [2.75, 3.05) is 18.3 Å². The van der Waals surface area contributed by atoms with Crippen molar-refractivity contribution in [3.63, 3.8) is 0 Å². The van der Waals surface area contributed by atoms with E-state index in [4.69, 9.17) is 20.9 Å². The first-order valence-corrected chi connectivity index (χ1v) is 13.0. The Labute approximate surface area is 189 Å². The number of nitrogen functional groups attached to an aromatic ring is 2. The van der Waals surface area contributed by atoms with E-state index in [1.54, 1.807) is 6.07 Å². The van der Waals surface area contributed by atoms with Crippen LogP contribution in [0.4, 0.5) is 11.4 Å². The molecular weight excluding hydrogens is 384 g/mol. The fraction of sp³-hybridized carbons (Fsp3) is 0.778. The largest absolute Gasteiger partial charge is 0.465 e. The van der Waals surface area contributed by atoms with E-state index < -0.39 is 0 Å². The van der Waals surface area contributed by atoms with Gasteiger partial charge < -0.3 is 20.9 Å². The van der Waals surface area contributed by atoms with Crippen LogP contribution in [-0.2, 0) is 4.74 Å². The number of nitrogens with two attached hydrogens (primary N) is 2. The molecule has 31 heavy (non-hydrogen) atoms. The molecule has 0 saturated heterocycles. The van der Waals surface area contributed by atoms with Crippen molar-refractivity contribution in [1.29, 1.82) is 0 Å². The van der Waals surface area contributed by atoms with Gasteiger partial charge in [-0.05, 0) is 112 Å². The van der Waals surface area contributed by atoms with Gasteiger partial charge >= 0.3 is 0 Å². The smallest absolute Gasteiger partial charge is 0.189 e. The van der Waals surface area contributed by atoms with Crippen LogP contribution in [0, 0.1) is 29.6 Å². The van der Waals surface area contributed by atoms with Crippen LogP contribution in [0.3, 0.4) is 0 Å². The number of hydrogen-bond donors (Lipinski definition) is 2. The molecule has 4 heteroatoms. The van der Waals surface area contributed by atoms with E-state index in [2.05, 4.69) is 6.92 Å². The summed E-state index contributed by atoms with van der Waals surface area (Å²) < 4.78 is 11.7. The third kappa shape index (κ3) is 6.09. The molecule has 0 spiro atoms. The minimum atomic E-state index is 0.273. The number of anilines is 2. The van der Waals surface area contributed by atoms with Gasteiger partial charge in [0.1, 0.15) is 5.75 Å². The van der Waals surface area contributed by atoms with Crippen molar-refractivity contribution >= 4 is 11.4 Å². The van der Waals surface area contributed by atoms with Crippen molar-refractivity contribution in [2.45, 2.75) is 96.5 Å². The van der Waals surface area contributed by atoms with Crippen LogP contribution < -0.4 is 16.2 Å². The van der Waals surface area contributed by atoms with Crippen molar-refractivity contribution in [1.82, 2.24) is 0 Å². The van der Waals surface area contributed by atoms with E-state index in [1.165, 1.54) is 83.5 Å². The Morgan fingerprint density at radius 3 is 1.77 bits per heavy atom. The van der Waals surface area contributed by atoms with Gasteiger partial charge in [-0.2, -0.15) is 0 Å². The Morgan fingerprint density at radius 2 is 1.26 bits per heavy atom. The maximum Gasteiger partial charge on any atom is 0.189 e. The van der Waals surface area contributed by atoms with Crippen molar-refractivity contribution in [2.24, 2.45) is 29.6 Å². The molecule has 0 bridgehead atoms. The van der Waals surface area contributed by atoms with Crippen LogP contribution in [0.25, 0.3) is 0 Å². The number of ether oxygens (including phenoxy) is 2. The minimum absolute atomic E-state index is 0.273. The maximum absolute atomic E-state index is 6.01. The molecule has 4 nitrogen and oxygen atoms in total. The Balaban J connectivity index is 1.12. The number of benzene rings is 1. The van der Waals surface area contributed by atoms with Crippen LogP contribution in [0.5, 0.6) is 5.75 Å².